The quantitative estimate of drug-likeness (QED) is 0.607. The number of rotatable bonds is 7. The summed E-state index contributed by atoms with van der Waals surface area (Å²) in [5, 5.41) is 14.3. The molecule has 0 spiro atoms. The monoisotopic (exact) mass is 266 g/mol. The fourth-order valence-electron chi connectivity index (χ4n) is 1.54. The molecule has 19 heavy (non-hydrogen) atoms. The molecule has 0 heterocycles. The molecule has 5 nitrogen and oxygen atoms in total. The Bertz CT molecular complexity index is 433. The number of hydrogen-bond acceptors (Lipinski definition) is 4. The number of hydrogen-bond donors (Lipinski definition) is 1. The van der Waals surface area contributed by atoms with E-state index in [-0.39, 0.29) is 11.8 Å². The molecule has 1 N–H and O–H groups in total. The van der Waals surface area contributed by atoms with Crippen LogP contribution in [0, 0.1) is 10.1 Å². The van der Waals surface area contributed by atoms with E-state index >= 15 is 0 Å². The van der Waals surface area contributed by atoms with Crippen molar-refractivity contribution in [2.24, 2.45) is 0 Å². The van der Waals surface area contributed by atoms with E-state index < -0.39 is 4.92 Å². The van der Waals surface area contributed by atoms with E-state index in [2.05, 4.69) is 19.2 Å². The average molecular weight is 266 g/mol. The van der Waals surface area contributed by atoms with Crippen molar-refractivity contribution in [3.05, 3.63) is 33.9 Å². The van der Waals surface area contributed by atoms with Crippen molar-refractivity contribution < 1.29 is 9.66 Å². The van der Waals surface area contributed by atoms with E-state index in [0.29, 0.717) is 18.3 Å². The Morgan fingerprint density at radius 3 is 2.58 bits per heavy atom. The Morgan fingerprint density at radius 2 is 2.05 bits per heavy atom. The minimum absolute atomic E-state index is 0.0218. The maximum absolute atomic E-state index is 11.0. The van der Waals surface area contributed by atoms with Gasteiger partial charge in [0.2, 0.25) is 0 Å². The summed E-state index contributed by atoms with van der Waals surface area (Å²) in [6, 6.07) is 5.39. The molecule has 1 atom stereocenters. The molecule has 0 saturated carbocycles. The summed E-state index contributed by atoms with van der Waals surface area (Å²) in [7, 11) is 0. The van der Waals surface area contributed by atoms with Crippen LogP contribution in [0.4, 0.5) is 5.69 Å². The van der Waals surface area contributed by atoms with Gasteiger partial charge in [0.25, 0.3) is 0 Å². The van der Waals surface area contributed by atoms with Gasteiger partial charge in [-0.2, -0.15) is 0 Å². The molecule has 106 valence electrons. The van der Waals surface area contributed by atoms with Crippen molar-refractivity contribution in [3.63, 3.8) is 0 Å². The molecule has 0 radical (unpaired) electrons. The van der Waals surface area contributed by atoms with Crippen LogP contribution in [0.15, 0.2) is 18.2 Å². The molecule has 0 aliphatic rings. The maximum atomic E-state index is 11.0. The van der Waals surface area contributed by atoms with E-state index in [1.165, 1.54) is 6.07 Å². The van der Waals surface area contributed by atoms with Gasteiger partial charge in [0.05, 0.1) is 11.0 Å². The van der Waals surface area contributed by atoms with Crippen LogP contribution in [0.2, 0.25) is 0 Å². The zero-order chi connectivity index (χ0) is 14.4. The van der Waals surface area contributed by atoms with Gasteiger partial charge in [-0.3, -0.25) is 10.1 Å². The van der Waals surface area contributed by atoms with Crippen LogP contribution < -0.4 is 10.1 Å². The summed E-state index contributed by atoms with van der Waals surface area (Å²) in [6.07, 6.45) is 0.776. The Balaban J connectivity index is 2.93. The highest BCUT2D eigenvalue weighted by Crippen LogP contribution is 2.29. The lowest BCUT2D eigenvalue weighted by Crippen LogP contribution is -2.22. The highest BCUT2D eigenvalue weighted by molar-refractivity contribution is 5.48. The number of ether oxygens (including phenoxy) is 1. The van der Waals surface area contributed by atoms with E-state index in [0.717, 1.165) is 12.0 Å². The van der Waals surface area contributed by atoms with Crippen LogP contribution in [0.5, 0.6) is 5.75 Å². The van der Waals surface area contributed by atoms with Gasteiger partial charge in [-0.1, -0.05) is 26.8 Å². The smallest absolute Gasteiger partial charge is 0.310 e. The van der Waals surface area contributed by atoms with Gasteiger partial charge in [-0.05, 0) is 25.0 Å². The molecule has 0 fully saturated rings. The summed E-state index contributed by atoms with van der Waals surface area (Å²) in [4.78, 5) is 10.6. The van der Waals surface area contributed by atoms with Gasteiger partial charge in [-0.15, -0.1) is 0 Å². The Hall–Kier alpha value is -1.62. The molecule has 1 unspecified atom stereocenters. The predicted molar refractivity (Wildman–Crippen MR) is 75.5 cm³/mol. The first-order chi connectivity index (χ1) is 8.93. The molecule has 1 rings (SSSR count). The van der Waals surface area contributed by atoms with Crippen molar-refractivity contribution in [1.29, 1.82) is 0 Å². The third-order valence-electron chi connectivity index (χ3n) is 2.84. The molecular weight excluding hydrogens is 244 g/mol. The molecule has 0 saturated heterocycles. The van der Waals surface area contributed by atoms with Crippen molar-refractivity contribution in [1.82, 2.24) is 5.32 Å². The first-order valence-corrected chi connectivity index (χ1v) is 6.61. The molecule has 0 bridgehead atoms. The number of nitro benzene ring substituents is 1. The van der Waals surface area contributed by atoms with E-state index in [1.54, 1.807) is 12.1 Å². The Kier molecular flexibility index (Phi) is 5.76. The lowest BCUT2D eigenvalue weighted by atomic mass is 10.1. The first kappa shape index (κ1) is 15.4. The SMILES string of the molecule is CCC(C)Oc1cc(CNC(C)C)ccc1[N+](=O)[O-]. The lowest BCUT2D eigenvalue weighted by Gasteiger charge is -2.14. The number of nitro groups is 1. The summed E-state index contributed by atoms with van der Waals surface area (Å²) in [5.41, 5.74) is 1.01. The maximum Gasteiger partial charge on any atom is 0.310 e. The molecule has 1 aromatic rings. The van der Waals surface area contributed by atoms with Crippen LogP contribution >= 0.6 is 0 Å². The van der Waals surface area contributed by atoms with Crippen LogP contribution in [-0.2, 0) is 6.54 Å². The van der Waals surface area contributed by atoms with Crippen molar-refractivity contribution in [3.8, 4) is 5.75 Å². The second kappa shape index (κ2) is 7.09. The number of nitrogens with one attached hydrogen (secondary N) is 1. The van der Waals surface area contributed by atoms with Gasteiger partial charge in [0, 0.05) is 18.7 Å². The molecule has 0 amide bonds. The van der Waals surface area contributed by atoms with Crippen LogP contribution in [-0.4, -0.2) is 17.1 Å². The topological polar surface area (TPSA) is 64.4 Å². The summed E-state index contributed by atoms with van der Waals surface area (Å²) in [6.45, 7) is 8.68. The fourth-order valence-corrected chi connectivity index (χ4v) is 1.54. The minimum atomic E-state index is -0.405. The molecule has 0 aliphatic heterocycles. The van der Waals surface area contributed by atoms with Gasteiger partial charge < -0.3 is 10.1 Å². The molecule has 5 heteroatoms. The van der Waals surface area contributed by atoms with Crippen molar-refractivity contribution >= 4 is 5.69 Å². The van der Waals surface area contributed by atoms with Gasteiger partial charge >= 0.3 is 5.69 Å². The standard InChI is InChI=1S/C14H22N2O3/c1-5-11(4)19-14-8-12(9-15-10(2)3)6-7-13(14)16(17)18/h6-8,10-11,15H,5,9H2,1-4H3. The number of benzene rings is 1. The average Bonchev–Trinajstić information content (AvgIpc) is 2.36. The van der Waals surface area contributed by atoms with Gasteiger partial charge in [-0.25, -0.2) is 0 Å². The largest absolute Gasteiger partial charge is 0.484 e. The highest BCUT2D eigenvalue weighted by Gasteiger charge is 2.17. The normalized spacial score (nSPS) is 12.5. The third-order valence-corrected chi connectivity index (χ3v) is 2.84. The van der Waals surface area contributed by atoms with E-state index in [9.17, 15) is 10.1 Å². The van der Waals surface area contributed by atoms with Crippen molar-refractivity contribution in [2.75, 3.05) is 0 Å². The summed E-state index contributed by atoms with van der Waals surface area (Å²) >= 11 is 0. The second-order valence-electron chi connectivity index (χ2n) is 4.93. The Labute approximate surface area is 114 Å². The molecule has 0 aromatic heterocycles. The van der Waals surface area contributed by atoms with Crippen LogP contribution in [0.3, 0.4) is 0 Å². The summed E-state index contributed by atoms with van der Waals surface area (Å²) < 4.78 is 5.63. The lowest BCUT2D eigenvalue weighted by molar-refractivity contribution is -0.386. The zero-order valence-electron chi connectivity index (χ0n) is 12.0. The first-order valence-electron chi connectivity index (χ1n) is 6.61. The minimum Gasteiger partial charge on any atom is -0.484 e. The highest BCUT2D eigenvalue weighted by atomic mass is 16.6. The molecular formula is C14H22N2O3. The molecule has 0 aliphatic carbocycles. The second-order valence-corrected chi connectivity index (χ2v) is 4.93. The van der Waals surface area contributed by atoms with Gasteiger partial charge in [0.1, 0.15) is 0 Å². The predicted octanol–water partition coefficient (Wildman–Crippen LogP) is 3.27. The fraction of sp³-hybridized carbons (Fsp3) is 0.571. The van der Waals surface area contributed by atoms with Crippen LogP contribution in [0.25, 0.3) is 0 Å². The Morgan fingerprint density at radius 1 is 1.37 bits per heavy atom. The van der Waals surface area contributed by atoms with E-state index in [4.69, 9.17) is 4.74 Å². The third kappa shape index (κ3) is 4.87. The van der Waals surface area contributed by atoms with Crippen molar-refractivity contribution in [2.45, 2.75) is 52.8 Å². The summed E-state index contributed by atoms with van der Waals surface area (Å²) in [5.74, 6) is 0.349. The van der Waals surface area contributed by atoms with Crippen LogP contribution in [0.1, 0.15) is 39.7 Å². The zero-order valence-corrected chi connectivity index (χ0v) is 12.0. The molecule has 1 aromatic carbocycles. The van der Waals surface area contributed by atoms with E-state index in [1.807, 2.05) is 13.8 Å². The van der Waals surface area contributed by atoms with Gasteiger partial charge in [0.15, 0.2) is 5.75 Å². The number of nitrogens with zero attached hydrogens (tertiary/aromatic N) is 1.